The summed E-state index contributed by atoms with van der Waals surface area (Å²) in [5.41, 5.74) is 19.1. The van der Waals surface area contributed by atoms with Crippen molar-refractivity contribution in [2.75, 3.05) is 14.7 Å². The maximum Gasteiger partial charge on any atom is 0.0657 e. The van der Waals surface area contributed by atoms with Crippen LogP contribution in [-0.2, 0) is 21.7 Å². The van der Waals surface area contributed by atoms with Crippen LogP contribution in [0.4, 0.5) is 51.2 Å². The molecular weight excluding hydrogens is 1070 g/mol. The Labute approximate surface area is 475 Å². The van der Waals surface area contributed by atoms with E-state index in [2.05, 4.69) is 341 Å². The van der Waals surface area contributed by atoms with Gasteiger partial charge in [-0.25, -0.2) is 0 Å². The van der Waals surface area contributed by atoms with Gasteiger partial charge in [0, 0.05) is 55.1 Å². The smallest absolute Gasteiger partial charge is 0.0657 e. The van der Waals surface area contributed by atoms with Gasteiger partial charge >= 0.3 is 0 Å². The summed E-state index contributed by atoms with van der Waals surface area (Å²) < 4.78 is 4.39. The molecule has 390 valence electrons. The Morgan fingerprint density at radius 2 is 0.753 bits per heavy atom. The van der Waals surface area contributed by atoms with Crippen LogP contribution in [0.15, 0.2) is 209 Å². The molecule has 0 aliphatic heterocycles. The van der Waals surface area contributed by atoms with Crippen molar-refractivity contribution >= 4 is 105 Å². The minimum Gasteiger partial charge on any atom is -0.310 e. The van der Waals surface area contributed by atoms with Gasteiger partial charge in [0.2, 0.25) is 0 Å². The van der Waals surface area contributed by atoms with E-state index in [-0.39, 0.29) is 21.7 Å². The van der Waals surface area contributed by atoms with Crippen LogP contribution < -0.4 is 14.7 Å². The zero-order chi connectivity index (χ0) is 54.8. The molecule has 10 rings (SSSR count). The number of rotatable bonds is 10. The number of halogens is 2. The zero-order valence-corrected chi connectivity index (χ0v) is 50.3. The van der Waals surface area contributed by atoms with Gasteiger partial charge in [0.05, 0.1) is 32.6 Å². The first-order valence-electron chi connectivity index (χ1n) is 27.0. The minimum atomic E-state index is -0.0676. The van der Waals surface area contributed by atoms with E-state index in [1.807, 2.05) is 0 Å². The molecule has 0 unspecified atom stereocenters. The van der Waals surface area contributed by atoms with Crippen molar-refractivity contribution in [3.8, 4) is 5.69 Å². The second-order valence-corrected chi connectivity index (χ2v) is 26.5. The Kier molecular flexibility index (Phi) is 14.3. The summed E-state index contributed by atoms with van der Waals surface area (Å²) in [5, 5.41) is 2.44. The highest BCUT2D eigenvalue weighted by Gasteiger charge is 2.28. The number of para-hydroxylation sites is 2. The molecule has 6 heteroatoms. The maximum absolute atomic E-state index is 4.38. The SMILES string of the molecule is Cc1cc(N(c2ccc(C(C)(C)C)cc2)c2cccc(N(c3ccc(C(C)(C)C)cc3)c3ccc4c5ccccc5n(-c5ccccc5)c4c3)c2)c(Br)c(N(c2ccc(C(C)(C)C)cc2)c2cc(C(C)(C)C)ccc2Br)c1. The molecule has 10 aromatic rings. The van der Waals surface area contributed by atoms with Crippen molar-refractivity contribution < 1.29 is 0 Å². The predicted molar refractivity (Wildman–Crippen MR) is 340 cm³/mol. The molecule has 1 heterocycles. The number of fused-ring (bicyclic) bond motifs is 3. The molecule has 9 aromatic carbocycles. The predicted octanol–water partition coefficient (Wildman–Crippen LogP) is 22.2. The quantitative estimate of drug-likeness (QED) is 0.136. The van der Waals surface area contributed by atoms with E-state index in [1.165, 1.54) is 38.5 Å². The molecule has 0 atom stereocenters. The molecule has 77 heavy (non-hydrogen) atoms. The fraction of sp³-hybridized carbons (Fsp3) is 0.239. The first-order chi connectivity index (χ1) is 36.5. The molecule has 1 aromatic heterocycles. The van der Waals surface area contributed by atoms with Gasteiger partial charge in [0.25, 0.3) is 0 Å². The maximum atomic E-state index is 4.38. The summed E-state index contributed by atoms with van der Waals surface area (Å²) in [6.45, 7) is 29.6. The Bertz CT molecular complexity index is 3750. The van der Waals surface area contributed by atoms with Crippen LogP contribution in [-0.4, -0.2) is 4.57 Å². The van der Waals surface area contributed by atoms with Crippen LogP contribution in [0.2, 0.25) is 0 Å². The van der Waals surface area contributed by atoms with E-state index < -0.39 is 0 Å². The van der Waals surface area contributed by atoms with Crippen LogP contribution in [0, 0.1) is 6.92 Å². The Morgan fingerprint density at radius 3 is 1.30 bits per heavy atom. The van der Waals surface area contributed by atoms with Gasteiger partial charge in [0.1, 0.15) is 0 Å². The summed E-state index contributed by atoms with van der Waals surface area (Å²) in [6, 6.07) is 74.3. The fourth-order valence-electron chi connectivity index (χ4n) is 10.5. The number of benzene rings is 9. The monoisotopic (exact) mass is 1140 g/mol. The van der Waals surface area contributed by atoms with Crippen LogP contribution >= 0.6 is 31.9 Å². The lowest BCUT2D eigenvalue weighted by atomic mass is 9.86. The minimum absolute atomic E-state index is 0.00116. The van der Waals surface area contributed by atoms with Gasteiger partial charge in [-0.3, -0.25) is 0 Å². The summed E-state index contributed by atoms with van der Waals surface area (Å²) in [6.07, 6.45) is 0. The molecule has 0 fully saturated rings. The number of anilines is 9. The first-order valence-corrected chi connectivity index (χ1v) is 28.6. The van der Waals surface area contributed by atoms with Crippen LogP contribution in [0.25, 0.3) is 27.5 Å². The molecule has 0 N–H and O–H groups in total. The molecule has 0 saturated carbocycles. The summed E-state index contributed by atoms with van der Waals surface area (Å²) in [5.74, 6) is 0. The highest BCUT2D eigenvalue weighted by Crippen LogP contribution is 2.51. The van der Waals surface area contributed by atoms with Crippen molar-refractivity contribution in [1.29, 1.82) is 0 Å². The second-order valence-electron chi connectivity index (χ2n) is 24.8. The van der Waals surface area contributed by atoms with E-state index in [9.17, 15) is 0 Å². The normalized spacial score (nSPS) is 12.4. The van der Waals surface area contributed by atoms with Gasteiger partial charge < -0.3 is 19.3 Å². The number of aryl methyl sites for hydroxylation is 1. The summed E-state index contributed by atoms with van der Waals surface area (Å²) >= 11 is 8.44. The Balaban J connectivity index is 1.20. The van der Waals surface area contributed by atoms with E-state index in [0.717, 1.165) is 76.9 Å². The Morgan fingerprint density at radius 1 is 0.325 bits per heavy atom. The molecule has 0 aliphatic carbocycles. The van der Waals surface area contributed by atoms with Gasteiger partial charge in [-0.2, -0.15) is 0 Å². The van der Waals surface area contributed by atoms with Crippen LogP contribution in [0.3, 0.4) is 0 Å². The molecule has 0 bridgehead atoms. The third-order valence-electron chi connectivity index (χ3n) is 15.0. The van der Waals surface area contributed by atoms with Crippen molar-refractivity contribution in [2.24, 2.45) is 0 Å². The van der Waals surface area contributed by atoms with Crippen molar-refractivity contribution in [2.45, 2.75) is 112 Å². The standard InChI is InChI=1S/C71H72Br2N4/c1-47-42-65(67(73)66(43-47)77(55-37-30-50(31-38-55)70(8,9)10)64-44-51(71(11,12)13)32-41-61(64)72)75(54-35-28-49(29-36-54)69(5,6)7)57-23-19-22-56(45-57)74(53-33-26-48(27-34-53)68(2,3)4)58-39-40-60-59-24-17-18-25-62(59)76(63(60)46-58)52-20-15-14-16-21-52/h14-46H,1-13H3. The van der Waals surface area contributed by atoms with Gasteiger partial charge in [-0.15, -0.1) is 0 Å². The topological polar surface area (TPSA) is 14.7 Å². The van der Waals surface area contributed by atoms with Gasteiger partial charge in [0.15, 0.2) is 0 Å². The average Bonchev–Trinajstić information content (AvgIpc) is 3.77. The van der Waals surface area contributed by atoms with E-state index in [0.29, 0.717) is 0 Å². The van der Waals surface area contributed by atoms with Crippen molar-refractivity contribution in [3.63, 3.8) is 0 Å². The molecule has 0 amide bonds. The molecular formula is C71H72Br2N4. The lowest BCUT2D eigenvalue weighted by molar-refractivity contribution is 0.589. The second kappa shape index (κ2) is 20.5. The molecule has 0 radical (unpaired) electrons. The lowest BCUT2D eigenvalue weighted by Crippen LogP contribution is -2.18. The first kappa shape index (κ1) is 53.5. The van der Waals surface area contributed by atoms with Gasteiger partial charge in [-0.1, -0.05) is 174 Å². The zero-order valence-electron chi connectivity index (χ0n) is 47.1. The number of nitrogens with zero attached hydrogens (tertiary/aromatic N) is 4. The third-order valence-corrected chi connectivity index (χ3v) is 16.4. The van der Waals surface area contributed by atoms with Crippen LogP contribution in [0.1, 0.15) is 111 Å². The molecule has 0 aliphatic rings. The molecule has 4 nitrogen and oxygen atoms in total. The largest absolute Gasteiger partial charge is 0.310 e. The molecule has 0 spiro atoms. The average molecular weight is 1140 g/mol. The van der Waals surface area contributed by atoms with E-state index in [4.69, 9.17) is 0 Å². The Hall–Kier alpha value is -6.86. The number of hydrogen-bond donors (Lipinski definition) is 0. The third kappa shape index (κ3) is 10.8. The summed E-state index contributed by atoms with van der Waals surface area (Å²) in [4.78, 5) is 7.26. The summed E-state index contributed by atoms with van der Waals surface area (Å²) in [7, 11) is 0. The lowest BCUT2D eigenvalue weighted by Gasteiger charge is -2.34. The van der Waals surface area contributed by atoms with E-state index in [1.54, 1.807) is 0 Å². The highest BCUT2D eigenvalue weighted by atomic mass is 79.9. The fourth-order valence-corrected chi connectivity index (χ4v) is 11.6. The highest BCUT2D eigenvalue weighted by molar-refractivity contribution is 9.11. The van der Waals surface area contributed by atoms with E-state index >= 15 is 0 Å². The van der Waals surface area contributed by atoms with Crippen LogP contribution in [0.5, 0.6) is 0 Å². The molecule has 0 saturated heterocycles. The van der Waals surface area contributed by atoms with Crippen molar-refractivity contribution in [3.05, 3.63) is 237 Å². The van der Waals surface area contributed by atoms with Gasteiger partial charge in [-0.05, 0) is 197 Å². The number of hydrogen-bond acceptors (Lipinski definition) is 3. The van der Waals surface area contributed by atoms with Crippen molar-refractivity contribution in [1.82, 2.24) is 4.57 Å². The number of aromatic nitrogens is 1.